The number of piperazine rings is 1. The van der Waals surface area contributed by atoms with Crippen LogP contribution in [0.2, 0.25) is 5.02 Å². The number of hydrogen-bond donors (Lipinski definition) is 2. The highest BCUT2D eigenvalue weighted by Gasteiger charge is 2.23. The van der Waals surface area contributed by atoms with E-state index >= 15 is 0 Å². The lowest BCUT2D eigenvalue weighted by Crippen LogP contribution is -2.48. The molecule has 0 unspecified atom stereocenters. The van der Waals surface area contributed by atoms with E-state index in [0.29, 0.717) is 24.5 Å². The van der Waals surface area contributed by atoms with E-state index in [0.717, 1.165) is 24.5 Å². The first-order valence-electron chi connectivity index (χ1n) is 6.90. The van der Waals surface area contributed by atoms with E-state index in [2.05, 4.69) is 10.2 Å². The van der Waals surface area contributed by atoms with Crippen molar-refractivity contribution in [3.8, 4) is 0 Å². The Balaban J connectivity index is 2.16. The Morgan fingerprint density at radius 2 is 2.05 bits per heavy atom. The summed E-state index contributed by atoms with van der Waals surface area (Å²) in [5.74, 6) is 0.190. The van der Waals surface area contributed by atoms with Crippen LogP contribution in [0.4, 0.5) is 11.4 Å². The molecule has 2 rings (SSSR count). The largest absolute Gasteiger partial charge is 0.376 e. The topological polar surface area (TPSA) is 61.6 Å². The lowest BCUT2D eigenvalue weighted by atomic mass is 10.2. The molecule has 1 heterocycles. The van der Waals surface area contributed by atoms with Crippen LogP contribution < -0.4 is 16.0 Å². The minimum atomic E-state index is 0.190. The van der Waals surface area contributed by atoms with Crippen molar-refractivity contribution < 1.29 is 4.79 Å². The van der Waals surface area contributed by atoms with Gasteiger partial charge in [0.2, 0.25) is 5.91 Å². The van der Waals surface area contributed by atoms with Gasteiger partial charge in [0.25, 0.3) is 0 Å². The SMILES string of the molecule is CCC(=O)N1CCN(c2c(Cl)cccc2NC(N)=S)CC1. The van der Waals surface area contributed by atoms with Crippen LogP contribution in [0.5, 0.6) is 0 Å². The molecule has 0 aliphatic carbocycles. The van der Waals surface area contributed by atoms with Crippen LogP contribution in [0.25, 0.3) is 0 Å². The second-order valence-electron chi connectivity index (χ2n) is 4.85. The summed E-state index contributed by atoms with van der Waals surface area (Å²) in [6.07, 6.45) is 0.542. The van der Waals surface area contributed by atoms with Gasteiger partial charge in [0.05, 0.1) is 16.4 Å². The van der Waals surface area contributed by atoms with Gasteiger partial charge in [-0.25, -0.2) is 0 Å². The van der Waals surface area contributed by atoms with Crippen molar-refractivity contribution in [1.82, 2.24) is 4.90 Å². The van der Waals surface area contributed by atoms with Crippen LogP contribution in [-0.4, -0.2) is 42.1 Å². The van der Waals surface area contributed by atoms with Crippen molar-refractivity contribution in [3.05, 3.63) is 23.2 Å². The number of benzene rings is 1. The fourth-order valence-electron chi connectivity index (χ4n) is 2.47. The Bertz CT molecular complexity index is 544. The summed E-state index contributed by atoms with van der Waals surface area (Å²) in [6, 6.07) is 5.58. The van der Waals surface area contributed by atoms with E-state index in [-0.39, 0.29) is 11.0 Å². The Hall–Kier alpha value is -1.53. The van der Waals surface area contributed by atoms with Gasteiger partial charge in [-0.05, 0) is 24.4 Å². The highest BCUT2D eigenvalue weighted by molar-refractivity contribution is 7.80. The smallest absolute Gasteiger partial charge is 0.222 e. The first kappa shape index (κ1) is 15.9. The Morgan fingerprint density at radius 3 is 2.62 bits per heavy atom. The maximum absolute atomic E-state index is 11.7. The van der Waals surface area contributed by atoms with E-state index in [4.69, 9.17) is 29.6 Å². The molecular weight excluding hydrogens is 308 g/mol. The standard InChI is InChI=1S/C14H19ClN4OS/c1-2-12(20)18-6-8-19(9-7-18)13-10(15)4-3-5-11(13)17-14(16)21/h3-5H,2,6-9H2,1H3,(H3,16,17,21). The van der Waals surface area contributed by atoms with Gasteiger partial charge in [-0.2, -0.15) is 0 Å². The van der Waals surface area contributed by atoms with Crippen LogP contribution >= 0.6 is 23.8 Å². The Kier molecular flexibility index (Phi) is 5.25. The lowest BCUT2D eigenvalue weighted by Gasteiger charge is -2.37. The maximum Gasteiger partial charge on any atom is 0.222 e. The maximum atomic E-state index is 11.7. The number of rotatable bonds is 3. The number of carbonyl (C=O) groups excluding carboxylic acids is 1. The summed E-state index contributed by atoms with van der Waals surface area (Å²) in [7, 11) is 0. The fourth-order valence-corrected chi connectivity index (χ4v) is 2.88. The van der Waals surface area contributed by atoms with Crippen molar-refractivity contribution in [2.75, 3.05) is 36.4 Å². The lowest BCUT2D eigenvalue weighted by molar-refractivity contribution is -0.131. The molecule has 1 aromatic carbocycles. The first-order valence-corrected chi connectivity index (χ1v) is 7.69. The van der Waals surface area contributed by atoms with Gasteiger partial charge < -0.3 is 20.9 Å². The molecule has 3 N–H and O–H groups in total. The van der Waals surface area contributed by atoms with Crippen molar-refractivity contribution in [2.45, 2.75) is 13.3 Å². The van der Waals surface area contributed by atoms with E-state index in [9.17, 15) is 4.79 Å². The Labute approximate surface area is 135 Å². The van der Waals surface area contributed by atoms with Crippen LogP contribution in [0.15, 0.2) is 18.2 Å². The third-order valence-electron chi connectivity index (χ3n) is 3.50. The molecule has 0 radical (unpaired) electrons. The third kappa shape index (κ3) is 3.77. The molecule has 5 nitrogen and oxygen atoms in total. The summed E-state index contributed by atoms with van der Waals surface area (Å²) in [4.78, 5) is 15.8. The number of nitrogens with zero attached hydrogens (tertiary/aromatic N) is 2. The molecule has 0 saturated carbocycles. The van der Waals surface area contributed by atoms with E-state index < -0.39 is 0 Å². The summed E-state index contributed by atoms with van der Waals surface area (Å²) in [5.41, 5.74) is 7.24. The van der Waals surface area contributed by atoms with Gasteiger partial charge in [-0.3, -0.25) is 4.79 Å². The molecule has 1 saturated heterocycles. The highest BCUT2D eigenvalue weighted by Crippen LogP contribution is 2.34. The van der Waals surface area contributed by atoms with E-state index in [1.165, 1.54) is 0 Å². The zero-order valence-corrected chi connectivity index (χ0v) is 13.5. The summed E-state index contributed by atoms with van der Waals surface area (Å²) < 4.78 is 0. The summed E-state index contributed by atoms with van der Waals surface area (Å²) >= 11 is 11.2. The van der Waals surface area contributed by atoms with E-state index in [1.807, 2.05) is 30.0 Å². The number of nitrogens with two attached hydrogens (primary N) is 1. The quantitative estimate of drug-likeness (QED) is 0.833. The summed E-state index contributed by atoms with van der Waals surface area (Å²) in [6.45, 7) is 4.75. The monoisotopic (exact) mass is 326 g/mol. The molecule has 0 aromatic heterocycles. The number of anilines is 2. The number of thiocarbonyl (C=S) groups is 1. The average molecular weight is 327 g/mol. The minimum Gasteiger partial charge on any atom is -0.376 e. The zero-order valence-electron chi connectivity index (χ0n) is 11.9. The summed E-state index contributed by atoms with van der Waals surface area (Å²) in [5, 5.41) is 3.81. The molecule has 1 aromatic rings. The number of amides is 1. The molecule has 0 bridgehead atoms. The van der Waals surface area contributed by atoms with Gasteiger partial charge >= 0.3 is 0 Å². The first-order chi connectivity index (χ1) is 10.0. The number of halogens is 1. The van der Waals surface area contributed by atoms with Gasteiger partial charge in [-0.15, -0.1) is 0 Å². The third-order valence-corrected chi connectivity index (χ3v) is 3.90. The van der Waals surface area contributed by atoms with Crippen LogP contribution in [-0.2, 0) is 4.79 Å². The molecule has 1 aliphatic rings. The molecule has 1 fully saturated rings. The van der Waals surface area contributed by atoms with Crippen LogP contribution in [0.1, 0.15) is 13.3 Å². The average Bonchev–Trinajstić information content (AvgIpc) is 2.46. The fraction of sp³-hybridized carbons (Fsp3) is 0.429. The normalized spacial score (nSPS) is 15.0. The second-order valence-corrected chi connectivity index (χ2v) is 5.69. The number of hydrogen-bond acceptors (Lipinski definition) is 3. The van der Waals surface area contributed by atoms with Gasteiger partial charge in [0.15, 0.2) is 5.11 Å². The van der Waals surface area contributed by atoms with Gasteiger partial charge in [0, 0.05) is 32.6 Å². The predicted octanol–water partition coefficient (Wildman–Crippen LogP) is 2.05. The van der Waals surface area contributed by atoms with Crippen molar-refractivity contribution in [3.63, 3.8) is 0 Å². The molecular formula is C14H19ClN4OS. The van der Waals surface area contributed by atoms with Crippen molar-refractivity contribution >= 4 is 46.2 Å². The molecule has 114 valence electrons. The van der Waals surface area contributed by atoms with E-state index in [1.54, 1.807) is 0 Å². The molecule has 7 heteroatoms. The molecule has 0 atom stereocenters. The number of carbonyl (C=O) groups is 1. The van der Waals surface area contributed by atoms with Crippen LogP contribution in [0, 0.1) is 0 Å². The molecule has 21 heavy (non-hydrogen) atoms. The van der Waals surface area contributed by atoms with Gasteiger partial charge in [-0.1, -0.05) is 24.6 Å². The minimum absolute atomic E-state index is 0.190. The number of nitrogens with one attached hydrogen (secondary N) is 1. The van der Waals surface area contributed by atoms with Crippen molar-refractivity contribution in [2.24, 2.45) is 5.73 Å². The molecule has 1 amide bonds. The Morgan fingerprint density at radius 1 is 1.38 bits per heavy atom. The molecule has 1 aliphatic heterocycles. The second kappa shape index (κ2) is 6.95. The van der Waals surface area contributed by atoms with Gasteiger partial charge in [0.1, 0.15) is 0 Å². The highest BCUT2D eigenvalue weighted by atomic mass is 35.5. The van der Waals surface area contributed by atoms with Crippen molar-refractivity contribution in [1.29, 1.82) is 0 Å². The predicted molar refractivity (Wildman–Crippen MR) is 90.9 cm³/mol. The molecule has 0 spiro atoms. The number of para-hydroxylation sites is 1. The van der Waals surface area contributed by atoms with Crippen LogP contribution in [0.3, 0.4) is 0 Å². The zero-order chi connectivity index (χ0) is 15.4.